The largest absolute Gasteiger partial charge is 0.399 e. The summed E-state index contributed by atoms with van der Waals surface area (Å²) in [6, 6.07) is 4.96. The number of thiophene rings is 1. The second-order valence-corrected chi connectivity index (χ2v) is 4.30. The summed E-state index contributed by atoms with van der Waals surface area (Å²) < 4.78 is 25.6. The molecule has 0 amide bonds. The molecular formula is C9H6ClF2NS. The van der Waals surface area contributed by atoms with Crippen molar-refractivity contribution in [2.24, 2.45) is 0 Å². The molecule has 0 unspecified atom stereocenters. The van der Waals surface area contributed by atoms with Crippen molar-refractivity contribution in [3.8, 4) is 0 Å². The first-order valence-corrected chi connectivity index (χ1v) is 5.04. The average molecular weight is 234 g/mol. The normalized spacial score (nSPS) is 11.4. The average Bonchev–Trinajstić information content (AvgIpc) is 2.43. The van der Waals surface area contributed by atoms with Crippen molar-refractivity contribution >= 4 is 38.7 Å². The minimum Gasteiger partial charge on any atom is -0.399 e. The molecule has 0 aliphatic carbocycles. The molecule has 0 saturated carbocycles. The smallest absolute Gasteiger partial charge is 0.274 e. The van der Waals surface area contributed by atoms with Crippen molar-refractivity contribution < 1.29 is 8.78 Å². The first-order valence-electron chi connectivity index (χ1n) is 3.85. The van der Waals surface area contributed by atoms with Gasteiger partial charge < -0.3 is 5.73 Å². The lowest BCUT2D eigenvalue weighted by atomic mass is 10.2. The Hall–Kier alpha value is -0.870. The monoisotopic (exact) mass is 233 g/mol. The van der Waals surface area contributed by atoms with E-state index in [1.54, 1.807) is 18.2 Å². The summed E-state index contributed by atoms with van der Waals surface area (Å²) in [5, 5.41) is 0.779. The number of fused-ring (bicyclic) bond motifs is 1. The van der Waals surface area contributed by atoms with Crippen LogP contribution in [0.1, 0.15) is 11.3 Å². The number of anilines is 1. The number of alkyl halides is 2. The molecule has 0 bridgehead atoms. The van der Waals surface area contributed by atoms with Gasteiger partial charge in [0.1, 0.15) is 0 Å². The predicted molar refractivity (Wildman–Crippen MR) is 56.2 cm³/mol. The molecule has 2 N–H and O–H groups in total. The van der Waals surface area contributed by atoms with Gasteiger partial charge in [-0.1, -0.05) is 11.6 Å². The number of nitrogens with two attached hydrogens (primary N) is 1. The van der Waals surface area contributed by atoms with Crippen molar-refractivity contribution in [1.82, 2.24) is 0 Å². The molecule has 0 saturated heterocycles. The van der Waals surface area contributed by atoms with Gasteiger partial charge in [0, 0.05) is 15.8 Å². The predicted octanol–water partition coefficient (Wildman–Crippen LogP) is 4.07. The van der Waals surface area contributed by atoms with Gasteiger partial charge in [-0.15, -0.1) is 11.3 Å². The number of halogens is 3. The second kappa shape index (κ2) is 3.37. The third kappa shape index (κ3) is 1.44. The Morgan fingerprint density at radius 1 is 1.36 bits per heavy atom. The third-order valence-electron chi connectivity index (χ3n) is 1.88. The molecule has 0 radical (unpaired) electrons. The Kier molecular flexibility index (Phi) is 2.33. The fourth-order valence-corrected chi connectivity index (χ4v) is 2.66. The first-order chi connectivity index (χ1) is 6.59. The maximum Gasteiger partial charge on any atom is 0.274 e. The maximum atomic E-state index is 12.5. The van der Waals surface area contributed by atoms with Gasteiger partial charge in [-0.3, -0.25) is 0 Å². The molecule has 2 rings (SSSR count). The van der Waals surface area contributed by atoms with E-state index in [4.69, 9.17) is 17.3 Å². The van der Waals surface area contributed by atoms with Gasteiger partial charge in [0.2, 0.25) is 0 Å². The molecule has 0 spiro atoms. The van der Waals surface area contributed by atoms with Gasteiger partial charge in [0.25, 0.3) is 6.43 Å². The van der Waals surface area contributed by atoms with E-state index in [2.05, 4.69) is 0 Å². The van der Waals surface area contributed by atoms with Crippen LogP contribution in [0.2, 0.25) is 5.02 Å². The number of hydrogen-bond acceptors (Lipinski definition) is 2. The van der Waals surface area contributed by atoms with Crippen LogP contribution < -0.4 is 5.73 Å². The molecule has 0 fully saturated rings. The Balaban J connectivity index is 2.73. The van der Waals surface area contributed by atoms with Gasteiger partial charge >= 0.3 is 0 Å². The first kappa shape index (κ1) is 9.68. The van der Waals surface area contributed by atoms with Crippen molar-refractivity contribution in [1.29, 1.82) is 0 Å². The van der Waals surface area contributed by atoms with Gasteiger partial charge in [0.15, 0.2) is 0 Å². The van der Waals surface area contributed by atoms with E-state index in [0.717, 1.165) is 11.3 Å². The highest BCUT2D eigenvalue weighted by Gasteiger charge is 2.17. The summed E-state index contributed by atoms with van der Waals surface area (Å²) >= 11 is 6.78. The minimum atomic E-state index is -2.53. The zero-order valence-corrected chi connectivity index (χ0v) is 8.50. The zero-order chi connectivity index (χ0) is 10.3. The topological polar surface area (TPSA) is 26.0 Å². The van der Waals surface area contributed by atoms with Crippen molar-refractivity contribution in [3.63, 3.8) is 0 Å². The lowest BCUT2D eigenvalue weighted by molar-refractivity contribution is 0.156. The summed E-state index contributed by atoms with van der Waals surface area (Å²) in [6.45, 7) is 0. The van der Waals surface area contributed by atoms with Crippen LogP contribution in [-0.4, -0.2) is 0 Å². The molecule has 0 atom stereocenters. The van der Waals surface area contributed by atoms with Crippen LogP contribution in [0.15, 0.2) is 18.2 Å². The van der Waals surface area contributed by atoms with Gasteiger partial charge in [-0.05, 0) is 18.2 Å². The van der Waals surface area contributed by atoms with E-state index in [1.807, 2.05) is 0 Å². The Morgan fingerprint density at radius 2 is 2.07 bits per heavy atom. The van der Waals surface area contributed by atoms with E-state index in [0.29, 0.717) is 15.8 Å². The number of rotatable bonds is 1. The maximum absolute atomic E-state index is 12.5. The lowest BCUT2D eigenvalue weighted by Crippen LogP contribution is -1.81. The van der Waals surface area contributed by atoms with Gasteiger partial charge in [0.05, 0.1) is 9.90 Å². The van der Waals surface area contributed by atoms with Crippen LogP contribution in [0.5, 0.6) is 0 Å². The zero-order valence-electron chi connectivity index (χ0n) is 6.93. The summed E-state index contributed by atoms with van der Waals surface area (Å²) in [5.41, 5.74) is 6.09. The molecule has 0 aliphatic heterocycles. The molecular weight excluding hydrogens is 228 g/mol. The highest BCUT2D eigenvalue weighted by Crippen LogP contribution is 2.41. The molecule has 1 nitrogen and oxygen atoms in total. The molecule has 74 valence electrons. The molecule has 2 aromatic rings. The number of benzene rings is 1. The summed E-state index contributed by atoms with van der Waals surface area (Å²) in [4.78, 5) is -0.0905. The molecule has 14 heavy (non-hydrogen) atoms. The van der Waals surface area contributed by atoms with Crippen molar-refractivity contribution in [2.75, 3.05) is 5.73 Å². The Labute approximate surface area is 88.1 Å². The Morgan fingerprint density at radius 3 is 2.71 bits per heavy atom. The van der Waals surface area contributed by atoms with E-state index in [-0.39, 0.29) is 9.90 Å². The summed E-state index contributed by atoms with van der Waals surface area (Å²) in [7, 11) is 0. The highest BCUT2D eigenvalue weighted by atomic mass is 35.5. The number of hydrogen-bond donors (Lipinski definition) is 1. The molecule has 1 aromatic heterocycles. The molecule has 0 aliphatic rings. The van der Waals surface area contributed by atoms with Crippen LogP contribution in [0.4, 0.5) is 14.5 Å². The summed E-state index contributed by atoms with van der Waals surface area (Å²) in [6.07, 6.45) is -2.53. The van der Waals surface area contributed by atoms with Crippen molar-refractivity contribution in [2.45, 2.75) is 6.43 Å². The summed E-state index contributed by atoms with van der Waals surface area (Å²) in [5.74, 6) is 0. The Bertz CT molecular complexity index is 481. The SMILES string of the molecule is Nc1ccc2c(Cl)c(C(F)F)sc2c1. The fraction of sp³-hybridized carbons (Fsp3) is 0.111. The van der Waals surface area contributed by atoms with E-state index < -0.39 is 6.43 Å². The van der Waals surface area contributed by atoms with Crippen LogP contribution in [-0.2, 0) is 0 Å². The highest BCUT2D eigenvalue weighted by molar-refractivity contribution is 7.19. The lowest BCUT2D eigenvalue weighted by Gasteiger charge is -1.93. The van der Waals surface area contributed by atoms with Gasteiger partial charge in [-0.25, -0.2) is 8.78 Å². The minimum absolute atomic E-state index is 0.0905. The van der Waals surface area contributed by atoms with Crippen LogP contribution in [0, 0.1) is 0 Å². The van der Waals surface area contributed by atoms with E-state index >= 15 is 0 Å². The van der Waals surface area contributed by atoms with Gasteiger partial charge in [-0.2, -0.15) is 0 Å². The molecule has 1 heterocycles. The van der Waals surface area contributed by atoms with Crippen LogP contribution in [0.25, 0.3) is 10.1 Å². The quantitative estimate of drug-likeness (QED) is 0.738. The molecule has 1 aromatic carbocycles. The van der Waals surface area contributed by atoms with Crippen LogP contribution >= 0.6 is 22.9 Å². The van der Waals surface area contributed by atoms with Crippen LogP contribution in [0.3, 0.4) is 0 Å². The molecule has 5 heteroatoms. The van der Waals surface area contributed by atoms with Crippen molar-refractivity contribution in [3.05, 3.63) is 28.1 Å². The number of nitrogen functional groups attached to an aromatic ring is 1. The van der Waals surface area contributed by atoms with E-state index in [1.165, 1.54) is 0 Å². The van der Waals surface area contributed by atoms with E-state index in [9.17, 15) is 8.78 Å². The second-order valence-electron chi connectivity index (χ2n) is 2.84. The fourth-order valence-electron chi connectivity index (χ4n) is 1.24. The third-order valence-corrected chi connectivity index (χ3v) is 3.56. The standard InChI is InChI=1S/C9H6ClF2NS/c10-7-5-2-1-4(13)3-6(5)14-8(7)9(11)12/h1-3,9H,13H2.